The minimum atomic E-state index is -1.47. The topological polar surface area (TPSA) is 401 Å². The van der Waals surface area contributed by atoms with Gasteiger partial charge in [0.15, 0.2) is 0 Å². The number of fused-ring (bicyclic) bond motifs is 7. The number of aromatic nitrogens is 5. The van der Waals surface area contributed by atoms with Crippen LogP contribution in [0.4, 0.5) is 5.69 Å². The summed E-state index contributed by atoms with van der Waals surface area (Å²) in [7, 11) is 0. The third-order valence-electron chi connectivity index (χ3n) is 19.9. The summed E-state index contributed by atoms with van der Waals surface area (Å²) in [5, 5.41) is 26.4. The molecule has 560 valence electrons. The van der Waals surface area contributed by atoms with Crippen LogP contribution in [0.5, 0.6) is 0 Å². The third-order valence-corrected chi connectivity index (χ3v) is 19.9. The van der Waals surface area contributed by atoms with Crippen molar-refractivity contribution in [2.24, 2.45) is 11.5 Å². The molecule has 5 aromatic heterocycles. The zero-order valence-electron chi connectivity index (χ0n) is 60.1. The number of aromatic amines is 5. The van der Waals surface area contributed by atoms with E-state index in [0.717, 1.165) is 71.2 Å². The summed E-state index contributed by atoms with van der Waals surface area (Å²) >= 11 is 0. The lowest BCUT2D eigenvalue weighted by atomic mass is 9.99. The van der Waals surface area contributed by atoms with E-state index in [1.807, 2.05) is 170 Å². The number of amides is 10. The van der Waals surface area contributed by atoms with E-state index in [1.165, 1.54) is 0 Å². The number of H-pyrrole nitrogens is 5. The van der Waals surface area contributed by atoms with Crippen molar-refractivity contribution in [3.05, 3.63) is 245 Å². The average molecular weight is 1480 g/mol. The lowest BCUT2D eigenvalue weighted by Crippen LogP contribution is -2.60. The SMILES string of the molecule is NCC(=O)NC(CCCCNC(=O)CCC(=O)N1Cc2ccccc2C#Cc2ccccc21)C(=O)NCC(=O)NC(Cc1c[nH]c2ccccc12)C(=O)NC(Cc1c[nH]c2ccccc12)C(=O)NC(Cc1c[nH]c2ccccc12)C(=O)NC(Cc1c[nH]c2ccccc12)C(=O)NC(Cc1c[nH]c2ccccc12)C(N)=O. The summed E-state index contributed by atoms with van der Waals surface area (Å²) in [6, 6.07) is 44.0. The molecule has 1 aliphatic rings. The Hall–Kier alpha value is -13.5. The second kappa shape index (κ2) is 34.8. The lowest BCUT2D eigenvalue weighted by molar-refractivity contribution is -0.135. The van der Waals surface area contributed by atoms with Crippen molar-refractivity contribution in [2.45, 2.75) is 107 Å². The van der Waals surface area contributed by atoms with Gasteiger partial charge in [0, 0.05) is 148 Å². The van der Waals surface area contributed by atoms with Gasteiger partial charge in [0.1, 0.15) is 36.3 Å². The molecule has 12 aromatic rings. The highest BCUT2D eigenvalue weighted by Gasteiger charge is 2.36. The van der Waals surface area contributed by atoms with Crippen LogP contribution in [0.3, 0.4) is 0 Å². The van der Waals surface area contributed by atoms with E-state index in [9.17, 15) is 33.6 Å². The Morgan fingerprint density at radius 1 is 0.382 bits per heavy atom. The third kappa shape index (κ3) is 18.1. The number of carbonyl (C=O) groups excluding carboxylic acids is 10. The quantitative estimate of drug-likeness (QED) is 0.0165. The van der Waals surface area contributed by atoms with Gasteiger partial charge < -0.3 is 83.8 Å². The van der Waals surface area contributed by atoms with E-state index in [1.54, 1.807) is 35.9 Å². The fourth-order valence-electron chi connectivity index (χ4n) is 14.2. The standard InChI is InChI=1S/C84H84N16O10/c85-42-76(102)94-68(30-15-16-36-87-75(101)34-35-78(104)100-49-52-19-2-1-17-50(52)32-33-51-18-3-14-31-74(51)100)80(106)93-48-77(103)95-70(38-54-44-89-64-26-10-5-21-59(54)64)81(107)97-72(40-56-46-91-66-28-12-7-23-61(56)66)83(109)99-73(41-57-47-92-67-29-13-8-24-62(57)67)84(110)98-71(39-55-45-90-65-27-11-6-22-60(55)65)82(108)96-69(79(86)105)37-53-43-88-63-25-9-4-20-58(53)63/h1-14,17-29,31,43-47,68-73,88-92H,15-16,30,34-42,48-49,85H2,(H2,86,105)(H,87,101)(H,93,106)(H,94,102)(H,95,103)(H,96,108)(H,97,107)(H,98,110)(H,99,109). The molecule has 17 N–H and O–H groups in total. The molecule has 6 heterocycles. The van der Waals surface area contributed by atoms with E-state index < -0.39 is 96.6 Å². The normalized spacial score (nSPS) is 13.4. The van der Waals surface area contributed by atoms with Gasteiger partial charge in [-0.3, -0.25) is 47.9 Å². The number of rotatable bonds is 33. The molecule has 26 heteroatoms. The molecule has 0 saturated carbocycles. The van der Waals surface area contributed by atoms with Crippen LogP contribution in [0, 0.1) is 11.8 Å². The maximum atomic E-state index is 15.7. The summed E-state index contributed by atoms with van der Waals surface area (Å²) in [5.74, 6) is -0.357. The summed E-state index contributed by atoms with van der Waals surface area (Å²) in [6.07, 6.45) is 8.80. The van der Waals surface area contributed by atoms with Crippen LogP contribution in [0.15, 0.2) is 201 Å². The van der Waals surface area contributed by atoms with E-state index in [0.29, 0.717) is 46.3 Å². The molecule has 0 spiro atoms. The molecule has 7 aromatic carbocycles. The second-order valence-electron chi connectivity index (χ2n) is 27.4. The number of nitrogens with two attached hydrogens (primary N) is 2. The number of nitrogens with one attached hydrogen (secondary N) is 13. The Morgan fingerprint density at radius 3 is 1.20 bits per heavy atom. The van der Waals surface area contributed by atoms with Crippen molar-refractivity contribution in [2.75, 3.05) is 24.5 Å². The number of hydrogen-bond acceptors (Lipinski definition) is 11. The first-order valence-electron chi connectivity index (χ1n) is 36.6. The predicted molar refractivity (Wildman–Crippen MR) is 419 cm³/mol. The fraction of sp³-hybridized carbons (Fsp3) is 0.238. The summed E-state index contributed by atoms with van der Waals surface area (Å²) in [6.45, 7) is -0.632. The first kappa shape index (κ1) is 74.7. The summed E-state index contributed by atoms with van der Waals surface area (Å²) in [5.41, 5.74) is 21.8. The number of nitrogens with zero attached hydrogens (tertiary/aromatic N) is 1. The van der Waals surface area contributed by atoms with Gasteiger partial charge in [0.05, 0.1) is 25.3 Å². The van der Waals surface area contributed by atoms with Crippen LogP contribution >= 0.6 is 0 Å². The number of benzene rings is 7. The molecule has 13 rings (SSSR count). The molecule has 0 radical (unpaired) electrons. The van der Waals surface area contributed by atoms with Gasteiger partial charge >= 0.3 is 0 Å². The second-order valence-corrected chi connectivity index (χ2v) is 27.4. The maximum Gasteiger partial charge on any atom is 0.243 e. The van der Waals surface area contributed by atoms with Gasteiger partial charge in [0.2, 0.25) is 59.1 Å². The number of unbranched alkanes of at least 4 members (excludes halogenated alkanes) is 1. The Bertz CT molecular complexity index is 5500. The van der Waals surface area contributed by atoms with Crippen LogP contribution in [0.2, 0.25) is 0 Å². The molecule has 6 atom stereocenters. The van der Waals surface area contributed by atoms with Gasteiger partial charge in [-0.15, -0.1) is 0 Å². The molecule has 1 aliphatic heterocycles. The van der Waals surface area contributed by atoms with Gasteiger partial charge in [-0.1, -0.05) is 133 Å². The summed E-state index contributed by atoms with van der Waals surface area (Å²) < 4.78 is 0. The van der Waals surface area contributed by atoms with Crippen LogP contribution in [-0.2, 0) is 86.6 Å². The highest BCUT2D eigenvalue weighted by atomic mass is 16.2. The van der Waals surface area contributed by atoms with Crippen molar-refractivity contribution in [3.63, 3.8) is 0 Å². The average Bonchev–Trinajstić information content (AvgIpc) is 0.983. The highest BCUT2D eigenvalue weighted by Crippen LogP contribution is 2.29. The molecular formula is C84H84N16O10. The van der Waals surface area contributed by atoms with Crippen LogP contribution < -0.4 is 58.9 Å². The zero-order chi connectivity index (χ0) is 76.6. The number of hydrogen-bond donors (Lipinski definition) is 15. The fourth-order valence-corrected chi connectivity index (χ4v) is 14.2. The van der Waals surface area contributed by atoms with E-state index in [-0.39, 0.29) is 76.3 Å². The van der Waals surface area contributed by atoms with Crippen molar-refractivity contribution in [1.29, 1.82) is 0 Å². The van der Waals surface area contributed by atoms with E-state index >= 15 is 14.4 Å². The number of para-hydroxylation sites is 6. The molecule has 110 heavy (non-hydrogen) atoms. The lowest BCUT2D eigenvalue weighted by Gasteiger charge is -2.27. The molecule has 0 fully saturated rings. The van der Waals surface area contributed by atoms with Gasteiger partial charge in [0.25, 0.3) is 0 Å². The maximum absolute atomic E-state index is 15.7. The molecular weight excluding hydrogens is 1390 g/mol. The molecule has 26 nitrogen and oxygen atoms in total. The van der Waals surface area contributed by atoms with Gasteiger partial charge in [-0.05, 0) is 101 Å². The van der Waals surface area contributed by atoms with Crippen molar-refractivity contribution >= 4 is 119 Å². The van der Waals surface area contributed by atoms with Crippen molar-refractivity contribution in [3.8, 4) is 11.8 Å². The van der Waals surface area contributed by atoms with E-state index in [2.05, 4.69) is 79.3 Å². The smallest absolute Gasteiger partial charge is 0.243 e. The Labute approximate surface area is 631 Å². The van der Waals surface area contributed by atoms with Gasteiger partial charge in [-0.25, -0.2) is 0 Å². The Morgan fingerprint density at radius 2 is 0.755 bits per heavy atom. The Balaban J connectivity index is 0.710. The number of carbonyl (C=O) groups is 10. The minimum absolute atomic E-state index is 0.0208. The number of primary amides is 1. The molecule has 0 saturated heterocycles. The highest BCUT2D eigenvalue weighted by molar-refractivity contribution is 6.01. The molecule has 6 unspecified atom stereocenters. The van der Waals surface area contributed by atoms with Crippen molar-refractivity contribution in [1.82, 2.24) is 67.5 Å². The predicted octanol–water partition coefficient (Wildman–Crippen LogP) is 6.09. The Kier molecular flexibility index (Phi) is 23.6. The minimum Gasteiger partial charge on any atom is -0.368 e. The molecule has 0 aliphatic carbocycles. The number of anilines is 1. The van der Waals surface area contributed by atoms with E-state index in [4.69, 9.17) is 11.5 Å². The first-order valence-corrected chi connectivity index (χ1v) is 36.6. The summed E-state index contributed by atoms with van der Waals surface area (Å²) in [4.78, 5) is 161. The van der Waals surface area contributed by atoms with Crippen LogP contribution in [0.25, 0.3) is 54.5 Å². The first-order chi connectivity index (χ1) is 53.5. The van der Waals surface area contributed by atoms with Crippen LogP contribution in [-0.4, -0.2) is 140 Å². The monoisotopic (exact) mass is 1480 g/mol. The molecule has 10 amide bonds. The molecule has 0 bridgehead atoms. The van der Waals surface area contributed by atoms with Crippen molar-refractivity contribution < 1.29 is 47.9 Å². The zero-order valence-corrected chi connectivity index (χ0v) is 60.1. The largest absolute Gasteiger partial charge is 0.368 e. The van der Waals surface area contributed by atoms with Crippen LogP contribution in [0.1, 0.15) is 76.6 Å². The van der Waals surface area contributed by atoms with Gasteiger partial charge in [-0.2, -0.15) is 0 Å².